The van der Waals surface area contributed by atoms with Crippen molar-refractivity contribution >= 4 is 28.8 Å². The highest BCUT2D eigenvalue weighted by Gasteiger charge is 2.29. The van der Waals surface area contributed by atoms with Crippen LogP contribution in [0.3, 0.4) is 0 Å². The number of aromatic nitrogens is 2. The number of aryl methyl sites for hydroxylation is 1. The van der Waals surface area contributed by atoms with Crippen molar-refractivity contribution in [2.75, 3.05) is 36.0 Å². The minimum atomic E-state index is -0.510. The molecule has 0 N–H and O–H groups in total. The maximum atomic E-state index is 10.9. The van der Waals surface area contributed by atoms with Gasteiger partial charge in [0, 0.05) is 60.0 Å². The zero-order chi connectivity index (χ0) is 25.1. The lowest BCUT2D eigenvalue weighted by Crippen LogP contribution is -2.45. The molecule has 1 aromatic heterocycles. The Balaban J connectivity index is 1.11. The van der Waals surface area contributed by atoms with E-state index in [4.69, 9.17) is 21.1 Å². The maximum absolute atomic E-state index is 10.9. The van der Waals surface area contributed by atoms with Crippen LogP contribution < -0.4 is 19.3 Å². The van der Waals surface area contributed by atoms with Gasteiger partial charge in [-0.05, 0) is 73.2 Å². The number of anilines is 2. The van der Waals surface area contributed by atoms with Crippen molar-refractivity contribution in [1.82, 2.24) is 9.55 Å². The summed E-state index contributed by atoms with van der Waals surface area (Å²) in [6.07, 6.45) is 4.12. The van der Waals surface area contributed by atoms with Crippen LogP contribution in [0.5, 0.6) is 11.8 Å². The molecule has 0 amide bonds. The molecule has 190 valence electrons. The molecule has 3 heterocycles. The molecule has 1 unspecified atom stereocenters. The van der Waals surface area contributed by atoms with Gasteiger partial charge < -0.3 is 29.4 Å². The van der Waals surface area contributed by atoms with E-state index in [1.165, 1.54) is 17.6 Å². The minimum absolute atomic E-state index is 0.194. The van der Waals surface area contributed by atoms with Crippen molar-refractivity contribution in [3.8, 4) is 11.8 Å². The number of nitro groups is 1. The number of hydrogen-bond acceptors (Lipinski definition) is 7. The van der Waals surface area contributed by atoms with E-state index in [0.717, 1.165) is 43.2 Å². The SMILES string of the molecule is CCN(c1ccc(Cl)cc1)C1CCN(c2ccc(OCC3CCn4cc([N+](=O)[O-])nc4O3)cc2)CC1. The van der Waals surface area contributed by atoms with Gasteiger partial charge in [0.2, 0.25) is 0 Å². The lowest BCUT2D eigenvalue weighted by Gasteiger charge is -2.40. The van der Waals surface area contributed by atoms with Gasteiger partial charge in [0.25, 0.3) is 0 Å². The number of nitrogens with zero attached hydrogens (tertiary/aromatic N) is 5. The van der Waals surface area contributed by atoms with Crippen LogP contribution >= 0.6 is 11.6 Å². The Hall–Kier alpha value is -3.46. The summed E-state index contributed by atoms with van der Waals surface area (Å²) in [5, 5.41) is 11.7. The zero-order valence-corrected chi connectivity index (χ0v) is 21.0. The lowest BCUT2D eigenvalue weighted by molar-refractivity contribution is -0.389. The fraction of sp³-hybridized carbons (Fsp3) is 0.423. The Morgan fingerprint density at radius 2 is 1.83 bits per heavy atom. The number of rotatable bonds is 8. The molecule has 2 aliphatic rings. The van der Waals surface area contributed by atoms with E-state index in [-0.39, 0.29) is 17.9 Å². The van der Waals surface area contributed by atoms with E-state index in [0.29, 0.717) is 25.6 Å². The van der Waals surface area contributed by atoms with Crippen LogP contribution in [0.1, 0.15) is 26.2 Å². The molecule has 9 nitrogen and oxygen atoms in total. The van der Waals surface area contributed by atoms with Gasteiger partial charge in [-0.1, -0.05) is 11.6 Å². The van der Waals surface area contributed by atoms with Crippen molar-refractivity contribution in [1.29, 1.82) is 0 Å². The molecule has 1 saturated heterocycles. The van der Waals surface area contributed by atoms with Gasteiger partial charge in [0.1, 0.15) is 24.7 Å². The number of hydrogen-bond donors (Lipinski definition) is 0. The highest BCUT2D eigenvalue weighted by atomic mass is 35.5. The van der Waals surface area contributed by atoms with Gasteiger partial charge in [0.15, 0.2) is 0 Å². The predicted molar refractivity (Wildman–Crippen MR) is 140 cm³/mol. The van der Waals surface area contributed by atoms with E-state index in [1.54, 1.807) is 4.57 Å². The van der Waals surface area contributed by atoms with Gasteiger partial charge in [-0.3, -0.25) is 4.57 Å². The van der Waals surface area contributed by atoms with Crippen molar-refractivity contribution < 1.29 is 14.4 Å². The van der Waals surface area contributed by atoms with Crippen LogP contribution in [-0.4, -0.2) is 52.9 Å². The monoisotopic (exact) mass is 511 g/mol. The summed E-state index contributed by atoms with van der Waals surface area (Å²) in [5.41, 5.74) is 2.42. The topological polar surface area (TPSA) is 85.9 Å². The first-order chi connectivity index (χ1) is 17.5. The molecule has 10 heteroatoms. The highest BCUT2D eigenvalue weighted by molar-refractivity contribution is 6.30. The van der Waals surface area contributed by atoms with E-state index >= 15 is 0 Å². The summed E-state index contributed by atoms with van der Waals surface area (Å²) in [6, 6.07) is 17.1. The fourth-order valence-corrected chi connectivity index (χ4v) is 5.12. The molecule has 2 aromatic carbocycles. The first-order valence-corrected chi connectivity index (χ1v) is 12.8. The summed E-state index contributed by atoms with van der Waals surface area (Å²) in [5.74, 6) is 0.579. The van der Waals surface area contributed by atoms with E-state index < -0.39 is 4.92 Å². The second-order valence-electron chi connectivity index (χ2n) is 9.15. The van der Waals surface area contributed by atoms with Gasteiger partial charge in [0.05, 0.1) is 0 Å². The van der Waals surface area contributed by atoms with Crippen LogP contribution in [0.2, 0.25) is 5.02 Å². The molecule has 1 atom stereocenters. The maximum Gasteiger partial charge on any atom is 0.414 e. The minimum Gasteiger partial charge on any atom is -0.490 e. The second-order valence-corrected chi connectivity index (χ2v) is 9.58. The first kappa shape index (κ1) is 24.2. The highest BCUT2D eigenvalue weighted by Crippen LogP contribution is 2.29. The number of imidazole rings is 1. The molecule has 1 fully saturated rings. The quantitative estimate of drug-likeness (QED) is 0.304. The molecular weight excluding hydrogens is 482 g/mol. The number of piperidine rings is 1. The Morgan fingerprint density at radius 3 is 2.50 bits per heavy atom. The van der Waals surface area contributed by atoms with Gasteiger partial charge >= 0.3 is 11.8 Å². The van der Waals surface area contributed by atoms with Crippen molar-refractivity contribution in [2.24, 2.45) is 0 Å². The third-order valence-corrected chi connectivity index (χ3v) is 7.17. The zero-order valence-electron chi connectivity index (χ0n) is 20.3. The number of ether oxygens (including phenoxy) is 2. The molecule has 0 spiro atoms. The molecule has 2 aliphatic heterocycles. The third-order valence-electron chi connectivity index (χ3n) is 6.92. The standard InChI is InChI=1S/C26H30ClN5O4/c1-2-31(21-5-3-19(27)4-6-21)22-11-14-29(15-12-22)20-7-9-23(10-8-20)35-18-24-13-16-30-17-25(32(33)34)28-26(30)36-24/h3-10,17,22,24H,2,11-16,18H2,1H3. The Kier molecular flexibility index (Phi) is 7.18. The fourth-order valence-electron chi connectivity index (χ4n) is 5.00. The second kappa shape index (κ2) is 10.7. The van der Waals surface area contributed by atoms with Crippen LogP contribution in [0, 0.1) is 10.1 Å². The summed E-state index contributed by atoms with van der Waals surface area (Å²) in [4.78, 5) is 19.2. The predicted octanol–water partition coefficient (Wildman–Crippen LogP) is 5.17. The molecule has 0 radical (unpaired) electrons. The van der Waals surface area contributed by atoms with Crippen molar-refractivity contribution in [3.63, 3.8) is 0 Å². The van der Waals surface area contributed by atoms with Gasteiger partial charge in [-0.25, -0.2) is 0 Å². The van der Waals surface area contributed by atoms with Gasteiger partial charge in [-0.2, -0.15) is 0 Å². The average Bonchev–Trinajstić information content (AvgIpc) is 3.34. The smallest absolute Gasteiger partial charge is 0.414 e. The number of fused-ring (bicyclic) bond motifs is 1. The molecule has 0 bridgehead atoms. The molecular formula is C26H30ClN5O4. The average molecular weight is 512 g/mol. The largest absolute Gasteiger partial charge is 0.490 e. The summed E-state index contributed by atoms with van der Waals surface area (Å²) >= 11 is 6.07. The molecule has 3 aromatic rings. The van der Waals surface area contributed by atoms with Crippen LogP contribution in [0.15, 0.2) is 54.7 Å². The summed E-state index contributed by atoms with van der Waals surface area (Å²) in [6.45, 7) is 6.17. The van der Waals surface area contributed by atoms with Gasteiger partial charge in [-0.15, -0.1) is 0 Å². The Labute approximate surface area is 215 Å². The molecule has 36 heavy (non-hydrogen) atoms. The van der Waals surface area contributed by atoms with E-state index in [9.17, 15) is 10.1 Å². The Morgan fingerprint density at radius 1 is 1.11 bits per heavy atom. The van der Waals surface area contributed by atoms with Crippen LogP contribution in [0.4, 0.5) is 17.2 Å². The first-order valence-electron chi connectivity index (χ1n) is 12.4. The summed E-state index contributed by atoms with van der Waals surface area (Å²) in [7, 11) is 0. The Bertz CT molecular complexity index is 1180. The molecule has 5 rings (SSSR count). The van der Waals surface area contributed by atoms with Crippen LogP contribution in [-0.2, 0) is 6.54 Å². The molecule has 0 aliphatic carbocycles. The van der Waals surface area contributed by atoms with Crippen molar-refractivity contribution in [3.05, 3.63) is 69.9 Å². The number of halogens is 1. The van der Waals surface area contributed by atoms with E-state index in [1.807, 2.05) is 24.3 Å². The normalized spacial score (nSPS) is 17.8. The van der Waals surface area contributed by atoms with Crippen LogP contribution in [0.25, 0.3) is 0 Å². The summed E-state index contributed by atoms with van der Waals surface area (Å²) < 4.78 is 13.4. The van der Waals surface area contributed by atoms with Crippen molar-refractivity contribution in [2.45, 2.75) is 44.9 Å². The lowest BCUT2D eigenvalue weighted by atomic mass is 10.0. The van der Waals surface area contributed by atoms with E-state index in [2.05, 4.69) is 46.0 Å². The number of benzene rings is 2. The third kappa shape index (κ3) is 5.36. The molecule has 0 saturated carbocycles.